The topological polar surface area (TPSA) is 36.4 Å². The molecule has 0 unspecified atom stereocenters. The number of carbonyl (C=O) groups excluding carboxylic acids is 1. The second-order valence-electron chi connectivity index (χ2n) is 6.18. The fourth-order valence-corrected chi connectivity index (χ4v) is 3.36. The Labute approximate surface area is 157 Å². The van der Waals surface area contributed by atoms with E-state index in [0.717, 1.165) is 29.2 Å². The molecular formula is C21H18ClN3O. The molecule has 130 valence electrons. The molecule has 0 saturated carbocycles. The molecule has 2 heterocycles. The third-order valence-corrected chi connectivity index (χ3v) is 4.78. The monoisotopic (exact) mass is 363 g/mol. The molecule has 1 aliphatic heterocycles. The summed E-state index contributed by atoms with van der Waals surface area (Å²) in [7, 11) is 0. The largest absolute Gasteiger partial charge is 0.345 e. The molecule has 0 bridgehead atoms. The van der Waals surface area contributed by atoms with Gasteiger partial charge in [0.25, 0.3) is 0 Å². The van der Waals surface area contributed by atoms with Gasteiger partial charge >= 0.3 is 0 Å². The fourth-order valence-electron chi connectivity index (χ4n) is 3.24. The molecule has 0 aliphatic carbocycles. The Morgan fingerprint density at radius 3 is 2.38 bits per heavy atom. The molecular weight excluding hydrogens is 346 g/mol. The van der Waals surface area contributed by atoms with Crippen LogP contribution in [0, 0.1) is 0 Å². The summed E-state index contributed by atoms with van der Waals surface area (Å²) in [4.78, 5) is 21.1. The second kappa shape index (κ2) is 7.18. The first-order valence-corrected chi connectivity index (χ1v) is 8.91. The van der Waals surface area contributed by atoms with Gasteiger partial charge in [-0.25, -0.2) is 4.98 Å². The molecule has 3 aromatic rings. The normalized spacial score (nSPS) is 14.6. The first-order valence-electron chi connectivity index (χ1n) is 8.54. The van der Waals surface area contributed by atoms with E-state index in [4.69, 9.17) is 11.6 Å². The summed E-state index contributed by atoms with van der Waals surface area (Å²) in [6.07, 6.45) is 1.77. The second-order valence-corrected chi connectivity index (χ2v) is 6.62. The van der Waals surface area contributed by atoms with Gasteiger partial charge in [-0.05, 0) is 42.0 Å². The highest BCUT2D eigenvalue weighted by Crippen LogP contribution is 2.31. The van der Waals surface area contributed by atoms with E-state index in [0.29, 0.717) is 18.1 Å². The molecule has 1 aromatic heterocycles. The lowest BCUT2D eigenvalue weighted by Gasteiger charge is -2.35. The Morgan fingerprint density at radius 2 is 1.65 bits per heavy atom. The van der Waals surface area contributed by atoms with E-state index >= 15 is 0 Å². The van der Waals surface area contributed by atoms with Gasteiger partial charge in [0.2, 0.25) is 5.91 Å². The molecule has 1 fully saturated rings. The summed E-state index contributed by atoms with van der Waals surface area (Å²) in [5.74, 6) is 0.908. The maximum Gasteiger partial charge on any atom is 0.246 e. The minimum Gasteiger partial charge on any atom is -0.345 e. The van der Waals surface area contributed by atoms with Crippen LogP contribution in [0.4, 0.5) is 11.5 Å². The van der Waals surface area contributed by atoms with Gasteiger partial charge in [0.1, 0.15) is 5.82 Å². The Balaban J connectivity index is 1.60. The lowest BCUT2D eigenvalue weighted by atomic mass is 10.1. The third-order valence-electron chi connectivity index (χ3n) is 4.53. The fraction of sp³-hybridized carbons (Fsp3) is 0.143. The van der Waals surface area contributed by atoms with Crippen molar-refractivity contribution >= 4 is 29.0 Å². The summed E-state index contributed by atoms with van der Waals surface area (Å²) in [5.41, 5.74) is 2.98. The predicted octanol–water partition coefficient (Wildman–Crippen LogP) is 4.26. The molecule has 26 heavy (non-hydrogen) atoms. The zero-order valence-corrected chi connectivity index (χ0v) is 14.9. The average Bonchev–Trinajstić information content (AvgIpc) is 2.69. The molecule has 0 radical (unpaired) electrons. The van der Waals surface area contributed by atoms with Crippen LogP contribution in [0.2, 0.25) is 5.02 Å². The molecule has 0 atom stereocenters. The molecule has 1 amide bonds. The van der Waals surface area contributed by atoms with Crippen LogP contribution in [0.1, 0.15) is 0 Å². The number of hydrogen-bond acceptors (Lipinski definition) is 3. The van der Waals surface area contributed by atoms with Crippen molar-refractivity contribution in [3.8, 4) is 11.1 Å². The van der Waals surface area contributed by atoms with Crippen LogP contribution in [-0.2, 0) is 4.79 Å². The van der Waals surface area contributed by atoms with Crippen molar-refractivity contribution in [3.63, 3.8) is 0 Å². The van der Waals surface area contributed by atoms with Crippen LogP contribution in [0.5, 0.6) is 0 Å². The number of halogens is 1. The summed E-state index contributed by atoms with van der Waals surface area (Å²) in [6.45, 7) is 1.68. The Morgan fingerprint density at radius 1 is 0.885 bits per heavy atom. The van der Waals surface area contributed by atoms with Crippen LogP contribution >= 0.6 is 11.6 Å². The highest BCUT2D eigenvalue weighted by molar-refractivity contribution is 6.30. The average molecular weight is 364 g/mol. The number of carbonyl (C=O) groups is 1. The van der Waals surface area contributed by atoms with Crippen molar-refractivity contribution in [1.29, 1.82) is 0 Å². The smallest absolute Gasteiger partial charge is 0.246 e. The van der Waals surface area contributed by atoms with Crippen molar-refractivity contribution in [2.24, 2.45) is 0 Å². The van der Waals surface area contributed by atoms with Crippen LogP contribution in [0.15, 0.2) is 72.9 Å². The van der Waals surface area contributed by atoms with Crippen LogP contribution in [0.3, 0.4) is 0 Å². The van der Waals surface area contributed by atoms with Gasteiger partial charge in [0.05, 0.1) is 6.54 Å². The first kappa shape index (κ1) is 16.6. The lowest BCUT2D eigenvalue weighted by Crippen LogP contribution is -2.51. The third kappa shape index (κ3) is 3.28. The Kier molecular flexibility index (Phi) is 4.59. The number of anilines is 2. The van der Waals surface area contributed by atoms with Gasteiger partial charge < -0.3 is 9.80 Å². The van der Waals surface area contributed by atoms with Crippen molar-refractivity contribution in [2.75, 3.05) is 29.4 Å². The molecule has 4 nitrogen and oxygen atoms in total. The maximum absolute atomic E-state index is 12.7. The number of para-hydroxylation sites is 1. The zero-order valence-electron chi connectivity index (χ0n) is 14.2. The highest BCUT2D eigenvalue weighted by atomic mass is 35.5. The highest BCUT2D eigenvalue weighted by Gasteiger charge is 2.27. The molecule has 0 spiro atoms. The number of piperazine rings is 1. The predicted molar refractivity (Wildman–Crippen MR) is 106 cm³/mol. The van der Waals surface area contributed by atoms with E-state index in [1.165, 1.54) is 0 Å². The van der Waals surface area contributed by atoms with Gasteiger partial charge in [-0.1, -0.05) is 41.9 Å². The van der Waals surface area contributed by atoms with Crippen molar-refractivity contribution in [3.05, 3.63) is 77.9 Å². The molecule has 4 rings (SSSR count). The Bertz CT molecular complexity index is 912. The number of rotatable bonds is 3. The SMILES string of the molecule is O=C1CN(c2ncccc2-c2ccc(Cl)cc2)CCN1c1ccccc1. The number of nitrogens with zero attached hydrogens (tertiary/aromatic N) is 3. The van der Waals surface area contributed by atoms with E-state index in [-0.39, 0.29) is 5.91 Å². The summed E-state index contributed by atoms with van der Waals surface area (Å²) in [6, 6.07) is 21.4. The molecule has 2 aromatic carbocycles. The van der Waals surface area contributed by atoms with E-state index < -0.39 is 0 Å². The van der Waals surface area contributed by atoms with E-state index in [1.54, 1.807) is 6.20 Å². The molecule has 1 saturated heterocycles. The van der Waals surface area contributed by atoms with Gasteiger partial charge in [-0.2, -0.15) is 0 Å². The number of aromatic nitrogens is 1. The standard InChI is InChI=1S/C21H18ClN3O/c22-17-10-8-16(9-11-17)19-7-4-12-23-21(19)24-13-14-25(20(26)15-24)18-5-2-1-3-6-18/h1-12H,13-15H2. The number of amides is 1. The Hall–Kier alpha value is -2.85. The number of hydrogen-bond donors (Lipinski definition) is 0. The summed E-state index contributed by atoms with van der Waals surface area (Å²) >= 11 is 6.00. The minimum atomic E-state index is 0.0789. The number of benzene rings is 2. The van der Waals surface area contributed by atoms with E-state index in [1.807, 2.05) is 76.5 Å². The quantitative estimate of drug-likeness (QED) is 0.697. The molecule has 0 N–H and O–H groups in total. The van der Waals surface area contributed by atoms with Crippen molar-refractivity contribution in [2.45, 2.75) is 0 Å². The van der Waals surface area contributed by atoms with Crippen LogP contribution in [-0.4, -0.2) is 30.5 Å². The summed E-state index contributed by atoms with van der Waals surface area (Å²) in [5, 5.41) is 0.700. The van der Waals surface area contributed by atoms with Crippen molar-refractivity contribution in [1.82, 2.24) is 4.98 Å². The minimum absolute atomic E-state index is 0.0789. The molecule has 1 aliphatic rings. The van der Waals surface area contributed by atoms with E-state index in [2.05, 4.69) is 4.98 Å². The van der Waals surface area contributed by atoms with Gasteiger partial charge in [0.15, 0.2) is 0 Å². The van der Waals surface area contributed by atoms with Gasteiger partial charge in [-0.15, -0.1) is 0 Å². The van der Waals surface area contributed by atoms with Crippen molar-refractivity contribution < 1.29 is 4.79 Å². The van der Waals surface area contributed by atoms with E-state index in [9.17, 15) is 4.79 Å². The van der Waals surface area contributed by atoms with Gasteiger partial charge in [0, 0.05) is 35.6 Å². The zero-order chi connectivity index (χ0) is 17.9. The maximum atomic E-state index is 12.7. The number of pyridine rings is 1. The van der Waals surface area contributed by atoms with Crippen LogP contribution < -0.4 is 9.80 Å². The van der Waals surface area contributed by atoms with Gasteiger partial charge in [-0.3, -0.25) is 4.79 Å². The summed E-state index contributed by atoms with van der Waals surface area (Å²) < 4.78 is 0. The van der Waals surface area contributed by atoms with Crippen LogP contribution in [0.25, 0.3) is 11.1 Å². The lowest BCUT2D eigenvalue weighted by molar-refractivity contribution is -0.117. The first-order chi connectivity index (χ1) is 12.7. The molecule has 5 heteroatoms.